The lowest BCUT2D eigenvalue weighted by Gasteiger charge is -2.12. The highest BCUT2D eigenvalue weighted by Crippen LogP contribution is 2.30. The Morgan fingerprint density at radius 3 is 2.70 bits per heavy atom. The number of aryl methyl sites for hydroxylation is 1. The van der Waals surface area contributed by atoms with E-state index < -0.39 is 0 Å². The standard InChI is InChI=1S/C15H16N4O/c1-9-10(2)15(7-5-12(9)16)20-11-4-6-14-13(8-11)17-18-19(14)3/h4-8H,16H2,1-3H3. The van der Waals surface area contributed by atoms with Crippen molar-refractivity contribution in [2.24, 2.45) is 7.05 Å². The molecule has 0 amide bonds. The van der Waals surface area contributed by atoms with Crippen LogP contribution >= 0.6 is 0 Å². The van der Waals surface area contributed by atoms with E-state index in [0.717, 1.165) is 39.3 Å². The molecule has 1 heterocycles. The molecule has 5 nitrogen and oxygen atoms in total. The molecular formula is C15H16N4O. The Morgan fingerprint density at radius 2 is 1.90 bits per heavy atom. The van der Waals surface area contributed by atoms with E-state index in [1.165, 1.54) is 0 Å². The first-order chi connectivity index (χ1) is 9.56. The zero-order chi connectivity index (χ0) is 14.3. The molecule has 102 valence electrons. The van der Waals surface area contributed by atoms with E-state index in [-0.39, 0.29) is 0 Å². The molecule has 1 aromatic heterocycles. The van der Waals surface area contributed by atoms with E-state index in [4.69, 9.17) is 10.5 Å². The van der Waals surface area contributed by atoms with E-state index in [1.54, 1.807) is 4.68 Å². The van der Waals surface area contributed by atoms with Crippen molar-refractivity contribution in [3.05, 3.63) is 41.5 Å². The first-order valence-corrected chi connectivity index (χ1v) is 6.39. The van der Waals surface area contributed by atoms with Crippen LogP contribution in [0.4, 0.5) is 5.69 Å². The minimum Gasteiger partial charge on any atom is -0.457 e. The summed E-state index contributed by atoms with van der Waals surface area (Å²) in [5, 5.41) is 8.07. The van der Waals surface area contributed by atoms with E-state index in [0.29, 0.717) is 0 Å². The molecule has 0 aliphatic heterocycles. The number of hydrogen-bond donors (Lipinski definition) is 1. The van der Waals surface area contributed by atoms with Crippen LogP contribution in [0.5, 0.6) is 11.5 Å². The Kier molecular flexibility index (Phi) is 2.82. The van der Waals surface area contributed by atoms with Crippen molar-refractivity contribution in [2.45, 2.75) is 13.8 Å². The van der Waals surface area contributed by atoms with E-state index in [9.17, 15) is 0 Å². The first kappa shape index (κ1) is 12.5. The van der Waals surface area contributed by atoms with Gasteiger partial charge in [-0.25, -0.2) is 4.68 Å². The highest BCUT2D eigenvalue weighted by atomic mass is 16.5. The molecule has 0 fully saturated rings. The molecule has 3 rings (SSSR count). The summed E-state index contributed by atoms with van der Waals surface area (Å²) >= 11 is 0. The molecule has 0 spiro atoms. The SMILES string of the molecule is Cc1c(N)ccc(Oc2ccc3c(c2)nnn3C)c1C. The molecule has 3 aromatic rings. The molecule has 0 saturated heterocycles. The van der Waals surface area contributed by atoms with Crippen molar-refractivity contribution in [1.29, 1.82) is 0 Å². The van der Waals surface area contributed by atoms with Crippen LogP contribution in [0.3, 0.4) is 0 Å². The fourth-order valence-electron chi connectivity index (χ4n) is 2.14. The van der Waals surface area contributed by atoms with Gasteiger partial charge in [0, 0.05) is 18.8 Å². The summed E-state index contributed by atoms with van der Waals surface area (Å²) in [5.74, 6) is 1.55. The van der Waals surface area contributed by atoms with Gasteiger partial charge in [-0.05, 0) is 49.2 Å². The van der Waals surface area contributed by atoms with Crippen molar-refractivity contribution >= 4 is 16.7 Å². The molecule has 2 N–H and O–H groups in total. The zero-order valence-corrected chi connectivity index (χ0v) is 11.7. The molecule has 0 atom stereocenters. The Bertz CT molecular complexity index is 792. The van der Waals surface area contributed by atoms with Crippen molar-refractivity contribution in [1.82, 2.24) is 15.0 Å². The van der Waals surface area contributed by atoms with Gasteiger partial charge >= 0.3 is 0 Å². The number of fused-ring (bicyclic) bond motifs is 1. The Hall–Kier alpha value is -2.56. The fraction of sp³-hybridized carbons (Fsp3) is 0.200. The summed E-state index contributed by atoms with van der Waals surface area (Å²) in [7, 11) is 1.86. The van der Waals surface area contributed by atoms with Crippen LogP contribution in [-0.2, 0) is 7.05 Å². The second kappa shape index (κ2) is 4.52. The van der Waals surface area contributed by atoms with Gasteiger partial charge in [-0.15, -0.1) is 5.10 Å². The van der Waals surface area contributed by atoms with Gasteiger partial charge in [0.25, 0.3) is 0 Å². The van der Waals surface area contributed by atoms with E-state index in [1.807, 2.05) is 51.2 Å². The predicted molar refractivity (Wildman–Crippen MR) is 78.9 cm³/mol. The largest absolute Gasteiger partial charge is 0.457 e. The summed E-state index contributed by atoms with van der Waals surface area (Å²) in [6, 6.07) is 9.49. The molecule has 0 unspecified atom stereocenters. The number of ether oxygens (including phenoxy) is 1. The quantitative estimate of drug-likeness (QED) is 0.726. The first-order valence-electron chi connectivity index (χ1n) is 6.39. The average molecular weight is 268 g/mol. The van der Waals surface area contributed by atoms with Crippen LogP contribution < -0.4 is 10.5 Å². The van der Waals surface area contributed by atoms with Gasteiger partial charge in [0.05, 0.1) is 5.52 Å². The summed E-state index contributed by atoms with van der Waals surface area (Å²) < 4.78 is 7.66. The molecule has 0 aliphatic rings. The molecule has 5 heteroatoms. The maximum atomic E-state index is 5.93. The highest BCUT2D eigenvalue weighted by molar-refractivity contribution is 5.76. The summed E-state index contributed by atoms with van der Waals surface area (Å²) in [5.41, 5.74) is 10.5. The molecule has 0 bridgehead atoms. The van der Waals surface area contributed by atoms with Gasteiger partial charge in [0.15, 0.2) is 0 Å². The molecule has 0 aliphatic carbocycles. The van der Waals surface area contributed by atoms with Gasteiger partial charge in [-0.1, -0.05) is 5.21 Å². The van der Waals surface area contributed by atoms with Gasteiger partial charge in [-0.2, -0.15) is 0 Å². The number of nitrogens with two attached hydrogens (primary N) is 1. The Labute approximate surface area is 117 Å². The van der Waals surface area contributed by atoms with E-state index >= 15 is 0 Å². The number of benzene rings is 2. The second-order valence-electron chi connectivity index (χ2n) is 4.87. The maximum absolute atomic E-state index is 5.93. The Morgan fingerprint density at radius 1 is 1.10 bits per heavy atom. The topological polar surface area (TPSA) is 66.0 Å². The number of nitrogens with zero attached hydrogens (tertiary/aromatic N) is 3. The van der Waals surface area contributed by atoms with Crippen LogP contribution in [0.15, 0.2) is 30.3 Å². The van der Waals surface area contributed by atoms with Gasteiger partial charge < -0.3 is 10.5 Å². The number of anilines is 1. The summed E-state index contributed by atoms with van der Waals surface area (Å²) in [6.45, 7) is 3.99. The van der Waals surface area contributed by atoms with E-state index in [2.05, 4.69) is 10.3 Å². The third kappa shape index (κ3) is 1.97. The molecule has 2 aromatic carbocycles. The number of aromatic nitrogens is 3. The highest BCUT2D eigenvalue weighted by Gasteiger charge is 2.08. The number of hydrogen-bond acceptors (Lipinski definition) is 4. The normalized spacial score (nSPS) is 10.9. The van der Waals surface area contributed by atoms with Crippen LogP contribution in [0.2, 0.25) is 0 Å². The lowest BCUT2D eigenvalue weighted by molar-refractivity contribution is 0.479. The van der Waals surface area contributed by atoms with Crippen molar-refractivity contribution in [2.75, 3.05) is 5.73 Å². The van der Waals surface area contributed by atoms with Gasteiger partial charge in [-0.3, -0.25) is 0 Å². The minimum atomic E-state index is 0.741. The van der Waals surface area contributed by atoms with Gasteiger partial charge in [0.1, 0.15) is 17.0 Å². The van der Waals surface area contributed by atoms with Crippen LogP contribution in [0.25, 0.3) is 11.0 Å². The van der Waals surface area contributed by atoms with Crippen molar-refractivity contribution in [3.8, 4) is 11.5 Å². The third-order valence-corrected chi connectivity index (χ3v) is 3.59. The molecule has 0 saturated carbocycles. The monoisotopic (exact) mass is 268 g/mol. The van der Waals surface area contributed by atoms with Crippen molar-refractivity contribution < 1.29 is 4.74 Å². The van der Waals surface area contributed by atoms with Crippen LogP contribution in [-0.4, -0.2) is 15.0 Å². The lowest BCUT2D eigenvalue weighted by atomic mass is 10.1. The van der Waals surface area contributed by atoms with Crippen LogP contribution in [0, 0.1) is 13.8 Å². The maximum Gasteiger partial charge on any atom is 0.130 e. The number of nitrogen functional groups attached to an aromatic ring is 1. The van der Waals surface area contributed by atoms with Crippen LogP contribution in [0.1, 0.15) is 11.1 Å². The Balaban J connectivity index is 1.99. The average Bonchev–Trinajstić information content (AvgIpc) is 2.81. The minimum absolute atomic E-state index is 0.741. The fourth-order valence-corrected chi connectivity index (χ4v) is 2.14. The molecule has 0 radical (unpaired) electrons. The molecule has 20 heavy (non-hydrogen) atoms. The summed E-state index contributed by atoms with van der Waals surface area (Å²) in [6.07, 6.45) is 0. The zero-order valence-electron chi connectivity index (χ0n) is 11.7. The third-order valence-electron chi connectivity index (χ3n) is 3.59. The molecular weight excluding hydrogens is 252 g/mol. The smallest absolute Gasteiger partial charge is 0.130 e. The van der Waals surface area contributed by atoms with Gasteiger partial charge in [0.2, 0.25) is 0 Å². The lowest BCUT2D eigenvalue weighted by Crippen LogP contribution is -1.95. The predicted octanol–water partition coefficient (Wildman–Crippen LogP) is 2.96. The van der Waals surface area contributed by atoms with Crippen molar-refractivity contribution in [3.63, 3.8) is 0 Å². The summed E-state index contributed by atoms with van der Waals surface area (Å²) in [4.78, 5) is 0. The second-order valence-corrected chi connectivity index (χ2v) is 4.87. The number of rotatable bonds is 2.